The molecule has 0 radical (unpaired) electrons. The fourth-order valence-corrected chi connectivity index (χ4v) is 13.3. The molecular weight excluding hydrogens is 744 g/mol. The van der Waals surface area contributed by atoms with E-state index in [2.05, 4.69) is 20.8 Å². The first-order valence-corrected chi connectivity index (χ1v) is 21.0. The van der Waals surface area contributed by atoms with E-state index in [4.69, 9.17) is 18.9 Å². The third-order valence-electron chi connectivity index (χ3n) is 16.5. The average Bonchev–Trinajstić information content (AvgIpc) is 3.51. The van der Waals surface area contributed by atoms with Gasteiger partial charge in [-0.2, -0.15) is 0 Å². The minimum absolute atomic E-state index is 0.0425. The fraction of sp³-hybridized carbons (Fsp3) is 0.952. The van der Waals surface area contributed by atoms with Gasteiger partial charge in [0.25, 0.3) is 0 Å². The topological polar surface area (TPSA) is 259 Å². The number of hydrogen-bond donors (Lipinski definition) is 11. The minimum Gasteiger partial charge on any atom is -0.394 e. The van der Waals surface area contributed by atoms with Gasteiger partial charge in [0.15, 0.2) is 12.6 Å². The quantitative estimate of drug-likeness (QED) is 0.103. The van der Waals surface area contributed by atoms with E-state index in [9.17, 15) is 56.2 Å². The molecule has 0 aromatic rings. The van der Waals surface area contributed by atoms with Gasteiger partial charge in [0.2, 0.25) is 0 Å². The van der Waals surface area contributed by atoms with Gasteiger partial charge in [-0.15, -0.1) is 0 Å². The number of ether oxygens (including phenoxy) is 4. The normalized spacial score (nSPS) is 52.5. The van der Waals surface area contributed by atoms with Gasteiger partial charge in [-0.1, -0.05) is 46.8 Å². The zero-order chi connectivity index (χ0) is 42.4. The molecule has 2 saturated heterocycles. The van der Waals surface area contributed by atoms with Gasteiger partial charge < -0.3 is 75.1 Å². The number of aliphatic hydroxyl groups is 11. The van der Waals surface area contributed by atoms with Gasteiger partial charge >= 0.3 is 0 Å². The van der Waals surface area contributed by atoms with Crippen LogP contribution < -0.4 is 0 Å². The summed E-state index contributed by atoms with van der Waals surface area (Å²) >= 11 is 0. The van der Waals surface area contributed by atoms with Crippen molar-refractivity contribution in [3.8, 4) is 0 Å². The van der Waals surface area contributed by atoms with E-state index < -0.39 is 126 Å². The smallest absolute Gasteiger partial charge is 0.187 e. The van der Waals surface area contributed by atoms with Crippen LogP contribution in [0.15, 0.2) is 12.2 Å². The van der Waals surface area contributed by atoms with Gasteiger partial charge in [-0.05, 0) is 111 Å². The molecule has 330 valence electrons. The molecule has 0 aromatic heterocycles. The fourth-order valence-electron chi connectivity index (χ4n) is 13.3. The summed E-state index contributed by atoms with van der Waals surface area (Å²) in [4.78, 5) is 0. The predicted molar refractivity (Wildman–Crippen MR) is 204 cm³/mol. The van der Waals surface area contributed by atoms with Gasteiger partial charge in [0.05, 0.1) is 42.7 Å². The highest BCUT2D eigenvalue weighted by Gasteiger charge is 2.74. The van der Waals surface area contributed by atoms with Crippen molar-refractivity contribution in [1.82, 2.24) is 0 Å². The summed E-state index contributed by atoms with van der Waals surface area (Å²) in [5, 5.41) is 119. The molecule has 21 atom stereocenters. The van der Waals surface area contributed by atoms with Crippen LogP contribution in [-0.2, 0) is 18.9 Å². The number of rotatable bonds is 10. The SMILES string of the molecule is CC(C)(O)/C=C/C[C@](C)(O[C@@H]1O[C@H](CO)[C@@H](O)[C@H](O)[C@H]1O)[C@H]1CC[C@]2(C)[C@@H]1[C@H](O)C[C@H]1[C@@]3(C)CC[C@H](O)C(C)(C)[C@H]3[C@H](O[C@@H]3O[C@H](CO)[C@@H](O)[C@H](O)[C@H]3O)C[C@]12C. The highest BCUT2D eigenvalue weighted by atomic mass is 16.7. The van der Waals surface area contributed by atoms with Gasteiger partial charge in [0, 0.05) is 0 Å². The first kappa shape index (κ1) is 45.7. The molecule has 6 aliphatic rings. The molecular formula is C42H72O15. The summed E-state index contributed by atoms with van der Waals surface area (Å²) < 4.78 is 25.3. The minimum atomic E-state index is -1.65. The molecule has 15 nitrogen and oxygen atoms in total. The molecule has 0 aromatic carbocycles. The molecule has 0 unspecified atom stereocenters. The van der Waals surface area contributed by atoms with Crippen LogP contribution in [0.3, 0.4) is 0 Å². The van der Waals surface area contributed by atoms with E-state index >= 15 is 0 Å². The van der Waals surface area contributed by atoms with Crippen molar-refractivity contribution in [3.05, 3.63) is 12.2 Å². The molecule has 0 amide bonds. The lowest BCUT2D eigenvalue weighted by Gasteiger charge is -2.72. The first-order chi connectivity index (χ1) is 26.3. The molecule has 6 rings (SSSR count). The predicted octanol–water partition coefficient (Wildman–Crippen LogP) is 0.0906. The summed E-state index contributed by atoms with van der Waals surface area (Å²) in [6.45, 7) is 14.6. The van der Waals surface area contributed by atoms with Crippen LogP contribution in [0.2, 0.25) is 0 Å². The zero-order valence-corrected chi connectivity index (χ0v) is 34.9. The standard InChI is InChI=1S/C42H72O15/c1-37(2,53)12-9-13-42(8,57-36-33(52)31(50)29(48)24(19-44)56-36)20-10-15-40(6)27(20)21(45)16-25-39(5)14-11-26(46)38(3,4)34(39)22(17-41(25,40)7)54-35-32(51)30(49)28(47)23(18-43)55-35/h9,12,20-36,43-53H,10-11,13-19H2,1-8H3/b12-9+/t20-,21+,22+,23+,24+,25-,26-,27-,28+,29+,30-,31-,32+,33+,34+,35+,36-,39+,40+,41+,42-/m0/s1. The highest BCUT2D eigenvalue weighted by molar-refractivity contribution is 5.22. The van der Waals surface area contributed by atoms with Crippen LogP contribution in [0.25, 0.3) is 0 Å². The van der Waals surface area contributed by atoms with Crippen molar-refractivity contribution in [3.63, 3.8) is 0 Å². The van der Waals surface area contributed by atoms with Crippen molar-refractivity contribution in [2.45, 2.75) is 191 Å². The molecule has 6 fully saturated rings. The lowest BCUT2D eigenvalue weighted by molar-refractivity contribution is -0.349. The summed E-state index contributed by atoms with van der Waals surface area (Å²) in [7, 11) is 0. The third kappa shape index (κ3) is 7.49. The van der Waals surface area contributed by atoms with Gasteiger partial charge in [0.1, 0.15) is 48.8 Å². The van der Waals surface area contributed by atoms with Crippen molar-refractivity contribution in [2.75, 3.05) is 13.2 Å². The number of fused-ring (bicyclic) bond motifs is 5. The zero-order valence-electron chi connectivity index (χ0n) is 34.9. The molecule has 0 bridgehead atoms. The van der Waals surface area contributed by atoms with Crippen LogP contribution in [-0.4, -0.2) is 160 Å². The molecule has 2 aliphatic heterocycles. The Morgan fingerprint density at radius 1 is 0.719 bits per heavy atom. The Hall–Kier alpha value is -0.860. The highest BCUT2D eigenvalue weighted by Crippen LogP contribution is 2.76. The summed E-state index contributed by atoms with van der Waals surface area (Å²) in [6, 6.07) is 0. The molecule has 15 heteroatoms. The second-order valence-electron chi connectivity index (χ2n) is 20.7. The third-order valence-corrected chi connectivity index (χ3v) is 16.5. The van der Waals surface area contributed by atoms with Crippen LogP contribution in [0.5, 0.6) is 0 Å². The van der Waals surface area contributed by atoms with Crippen molar-refractivity contribution >= 4 is 0 Å². The molecule has 11 N–H and O–H groups in total. The van der Waals surface area contributed by atoms with E-state index in [1.165, 1.54) is 0 Å². The maximum Gasteiger partial charge on any atom is 0.187 e. The molecule has 0 spiro atoms. The first-order valence-electron chi connectivity index (χ1n) is 21.0. The maximum absolute atomic E-state index is 12.6. The van der Waals surface area contributed by atoms with Crippen LogP contribution in [0.4, 0.5) is 0 Å². The Kier molecular flexibility index (Phi) is 12.7. The van der Waals surface area contributed by atoms with E-state index in [1.54, 1.807) is 26.0 Å². The molecule has 2 heterocycles. The van der Waals surface area contributed by atoms with E-state index in [0.717, 1.165) is 0 Å². The largest absolute Gasteiger partial charge is 0.394 e. The average molecular weight is 817 g/mol. The van der Waals surface area contributed by atoms with Gasteiger partial charge in [-0.25, -0.2) is 0 Å². The van der Waals surface area contributed by atoms with E-state index in [1.807, 2.05) is 20.8 Å². The van der Waals surface area contributed by atoms with Crippen molar-refractivity contribution in [2.24, 2.45) is 45.3 Å². The monoisotopic (exact) mass is 816 g/mol. The van der Waals surface area contributed by atoms with E-state index in [0.29, 0.717) is 38.5 Å². The van der Waals surface area contributed by atoms with E-state index in [-0.39, 0.29) is 30.1 Å². The number of hydrogen-bond acceptors (Lipinski definition) is 15. The Balaban J connectivity index is 1.40. The van der Waals surface area contributed by atoms with Crippen LogP contribution in [0, 0.1) is 45.3 Å². The van der Waals surface area contributed by atoms with Crippen LogP contribution in [0.1, 0.15) is 100 Å². The van der Waals surface area contributed by atoms with Gasteiger partial charge in [-0.3, -0.25) is 0 Å². The summed E-state index contributed by atoms with van der Waals surface area (Å²) in [5.41, 5.74) is -4.55. The Morgan fingerprint density at radius 3 is 1.84 bits per heavy atom. The Morgan fingerprint density at radius 2 is 1.28 bits per heavy atom. The number of aliphatic hydroxyl groups excluding tert-OH is 10. The Labute approximate surface area is 336 Å². The molecule has 57 heavy (non-hydrogen) atoms. The second kappa shape index (κ2) is 15.8. The molecule has 4 saturated carbocycles. The summed E-state index contributed by atoms with van der Waals surface area (Å²) in [6.07, 6.45) is -9.91. The lowest BCUT2D eigenvalue weighted by atomic mass is 9.34. The maximum atomic E-state index is 12.6. The second-order valence-corrected chi connectivity index (χ2v) is 20.7. The van der Waals surface area contributed by atoms with Crippen molar-refractivity contribution in [1.29, 1.82) is 0 Å². The summed E-state index contributed by atoms with van der Waals surface area (Å²) in [5.74, 6) is -1.05. The Bertz CT molecular complexity index is 1440. The lowest BCUT2D eigenvalue weighted by Crippen LogP contribution is -2.71. The van der Waals surface area contributed by atoms with Crippen LogP contribution >= 0.6 is 0 Å². The molecule has 4 aliphatic carbocycles. The van der Waals surface area contributed by atoms with Crippen molar-refractivity contribution < 1.29 is 75.1 Å².